The second-order valence-corrected chi connectivity index (χ2v) is 5.99. The topological polar surface area (TPSA) is 66.8 Å². The van der Waals surface area contributed by atoms with E-state index in [1.54, 1.807) is 4.90 Å². The van der Waals surface area contributed by atoms with Crippen molar-refractivity contribution in [3.63, 3.8) is 0 Å². The molecular weight excluding hydrogens is 293 g/mol. The van der Waals surface area contributed by atoms with Crippen molar-refractivity contribution in [2.24, 2.45) is 5.92 Å². The molecular formula is C12H21Cl2NO4. The Balaban J connectivity index is 0.000000982. The summed E-state index contributed by atoms with van der Waals surface area (Å²) in [6.07, 6.45) is 0.666. The summed E-state index contributed by atoms with van der Waals surface area (Å²) >= 11 is 9.53. The highest BCUT2D eigenvalue weighted by atomic mass is 35.5. The first-order valence-electron chi connectivity index (χ1n) is 6.04. The average Bonchev–Trinajstić information content (AvgIpc) is 2.28. The molecule has 0 radical (unpaired) electrons. The van der Waals surface area contributed by atoms with E-state index in [9.17, 15) is 9.59 Å². The van der Waals surface area contributed by atoms with Crippen LogP contribution in [-0.4, -0.2) is 46.1 Å². The van der Waals surface area contributed by atoms with Crippen LogP contribution in [0.2, 0.25) is 0 Å². The average molecular weight is 314 g/mol. The number of amides is 1. The van der Waals surface area contributed by atoms with Crippen LogP contribution in [-0.2, 0) is 9.53 Å². The van der Waals surface area contributed by atoms with Crippen molar-refractivity contribution in [2.75, 3.05) is 18.4 Å². The summed E-state index contributed by atoms with van der Waals surface area (Å²) in [5.74, 6) is -1.09. The van der Waals surface area contributed by atoms with E-state index >= 15 is 0 Å². The number of carboxylic acid groups (broad SMARTS) is 1. The third-order valence-corrected chi connectivity index (χ3v) is 2.50. The van der Waals surface area contributed by atoms with Gasteiger partial charge in [0.2, 0.25) is 0 Å². The molecule has 7 heteroatoms. The molecule has 112 valence electrons. The second kappa shape index (κ2) is 8.48. The summed E-state index contributed by atoms with van der Waals surface area (Å²) in [6.45, 7) is 6.37. The Labute approximate surface area is 123 Å². The zero-order valence-corrected chi connectivity index (χ0v) is 13.0. The van der Waals surface area contributed by atoms with Crippen LogP contribution in [0.5, 0.6) is 0 Å². The molecule has 0 atom stereocenters. The molecule has 1 amide bonds. The number of carbonyl (C=O) groups excluding carboxylic acids is 1. The van der Waals surface area contributed by atoms with Crippen LogP contribution in [0.4, 0.5) is 4.79 Å². The molecule has 0 saturated carbocycles. The number of ether oxygens (including phenoxy) is 1. The minimum Gasteiger partial charge on any atom is -0.481 e. The van der Waals surface area contributed by atoms with Crippen LogP contribution in [0.3, 0.4) is 0 Å². The fourth-order valence-corrected chi connectivity index (χ4v) is 1.64. The van der Waals surface area contributed by atoms with Crippen LogP contribution in [0.15, 0.2) is 0 Å². The van der Waals surface area contributed by atoms with E-state index in [1.165, 1.54) is 0 Å². The summed E-state index contributed by atoms with van der Waals surface area (Å²) < 4.78 is 5.21. The van der Waals surface area contributed by atoms with Crippen molar-refractivity contribution in [3.05, 3.63) is 0 Å². The molecule has 0 bridgehead atoms. The van der Waals surface area contributed by atoms with Gasteiger partial charge < -0.3 is 14.7 Å². The number of rotatable bonds is 1. The second-order valence-electron chi connectivity index (χ2n) is 5.18. The van der Waals surface area contributed by atoms with E-state index in [4.69, 9.17) is 33.0 Å². The number of halogens is 2. The highest BCUT2D eigenvalue weighted by Crippen LogP contribution is 2.19. The van der Waals surface area contributed by atoms with Crippen LogP contribution in [0, 0.1) is 5.92 Å². The summed E-state index contributed by atoms with van der Waals surface area (Å²) in [5, 5.41) is 9.01. The fourth-order valence-electron chi connectivity index (χ4n) is 1.64. The van der Waals surface area contributed by atoms with Gasteiger partial charge in [0.25, 0.3) is 0 Å². The lowest BCUT2D eigenvalue weighted by molar-refractivity contribution is -0.143. The van der Waals surface area contributed by atoms with Crippen molar-refractivity contribution >= 4 is 35.3 Å². The van der Waals surface area contributed by atoms with Crippen LogP contribution in [0.1, 0.15) is 33.6 Å². The standard InChI is InChI=1S/C11H19NO4.CH2Cl2/c1-11(2,3)16-10(15)12-6-4-8(5-7-12)9(13)14;2-1-3/h8H,4-7H2,1-3H3,(H,13,14);1H2. The zero-order chi connectivity index (χ0) is 15.1. The van der Waals surface area contributed by atoms with Gasteiger partial charge in [-0.1, -0.05) is 0 Å². The number of carbonyl (C=O) groups is 2. The number of alkyl halides is 2. The van der Waals surface area contributed by atoms with Gasteiger partial charge in [-0.15, -0.1) is 23.2 Å². The minimum atomic E-state index is -0.774. The van der Waals surface area contributed by atoms with Gasteiger partial charge in [0.15, 0.2) is 0 Å². The summed E-state index contributed by atoms with van der Waals surface area (Å²) in [5.41, 5.74) is -0.499. The smallest absolute Gasteiger partial charge is 0.410 e. The van der Waals surface area contributed by atoms with Crippen molar-refractivity contribution in [2.45, 2.75) is 39.2 Å². The van der Waals surface area contributed by atoms with Crippen molar-refractivity contribution in [3.8, 4) is 0 Å². The SMILES string of the molecule is CC(C)(C)OC(=O)N1CCC(C(=O)O)CC1.ClCCl. The minimum absolute atomic E-state index is 0.194. The summed E-state index contributed by atoms with van der Waals surface area (Å²) in [4.78, 5) is 23.9. The van der Waals surface area contributed by atoms with Gasteiger partial charge in [0.1, 0.15) is 5.60 Å². The molecule has 1 N–H and O–H groups in total. The molecule has 1 saturated heterocycles. The molecule has 19 heavy (non-hydrogen) atoms. The van der Waals surface area contributed by atoms with Gasteiger partial charge in [-0.2, -0.15) is 0 Å². The Morgan fingerprint density at radius 3 is 2.00 bits per heavy atom. The van der Waals surface area contributed by atoms with E-state index in [1.807, 2.05) is 20.8 Å². The van der Waals surface area contributed by atoms with Crippen LogP contribution < -0.4 is 0 Å². The normalized spacial score (nSPS) is 16.4. The summed E-state index contributed by atoms with van der Waals surface area (Å²) in [7, 11) is 0. The Bertz CT molecular complexity index is 297. The number of carboxylic acids is 1. The number of likely N-dealkylation sites (tertiary alicyclic amines) is 1. The first-order chi connectivity index (χ1) is 8.71. The summed E-state index contributed by atoms with van der Waals surface area (Å²) in [6, 6.07) is 0. The lowest BCUT2D eigenvalue weighted by Crippen LogP contribution is -2.42. The Kier molecular flexibility index (Phi) is 8.18. The lowest BCUT2D eigenvalue weighted by Gasteiger charge is -2.32. The van der Waals surface area contributed by atoms with Gasteiger partial charge in [-0.25, -0.2) is 4.79 Å². The maximum Gasteiger partial charge on any atom is 0.410 e. The van der Waals surface area contributed by atoms with Gasteiger partial charge >= 0.3 is 12.1 Å². The molecule has 5 nitrogen and oxygen atoms in total. The van der Waals surface area contributed by atoms with Gasteiger partial charge in [-0.3, -0.25) is 4.79 Å². The quantitative estimate of drug-likeness (QED) is 0.755. The first kappa shape index (κ1) is 18.3. The molecule has 1 aliphatic heterocycles. The lowest BCUT2D eigenvalue weighted by atomic mass is 9.97. The number of nitrogens with zero attached hydrogens (tertiary/aromatic N) is 1. The number of hydrogen-bond donors (Lipinski definition) is 1. The van der Waals surface area contributed by atoms with Crippen LogP contribution in [0.25, 0.3) is 0 Å². The Morgan fingerprint density at radius 1 is 1.26 bits per heavy atom. The Morgan fingerprint density at radius 2 is 1.68 bits per heavy atom. The fraction of sp³-hybridized carbons (Fsp3) is 0.833. The maximum atomic E-state index is 11.6. The molecule has 0 spiro atoms. The highest BCUT2D eigenvalue weighted by Gasteiger charge is 2.29. The predicted octanol–water partition coefficient (Wildman–Crippen LogP) is 3.14. The first-order valence-corrected chi connectivity index (χ1v) is 7.10. The van der Waals surface area contributed by atoms with Crippen molar-refractivity contribution in [1.82, 2.24) is 4.90 Å². The van der Waals surface area contributed by atoms with E-state index in [2.05, 4.69) is 0 Å². The van der Waals surface area contributed by atoms with Gasteiger partial charge in [0.05, 0.1) is 11.3 Å². The third kappa shape index (κ3) is 8.16. The van der Waals surface area contributed by atoms with E-state index in [-0.39, 0.29) is 17.4 Å². The predicted molar refractivity (Wildman–Crippen MR) is 74.7 cm³/mol. The van der Waals surface area contributed by atoms with Crippen LogP contribution >= 0.6 is 23.2 Å². The highest BCUT2D eigenvalue weighted by molar-refractivity contribution is 6.40. The van der Waals surface area contributed by atoms with E-state index < -0.39 is 11.6 Å². The number of piperidine rings is 1. The molecule has 1 fully saturated rings. The third-order valence-electron chi connectivity index (χ3n) is 2.50. The van der Waals surface area contributed by atoms with Crippen molar-refractivity contribution < 1.29 is 19.4 Å². The maximum absolute atomic E-state index is 11.6. The number of aliphatic carboxylic acids is 1. The molecule has 0 aromatic rings. The van der Waals surface area contributed by atoms with Gasteiger partial charge in [-0.05, 0) is 33.6 Å². The monoisotopic (exact) mass is 313 g/mol. The molecule has 1 heterocycles. The molecule has 0 unspecified atom stereocenters. The molecule has 1 rings (SSSR count). The molecule has 1 aliphatic rings. The zero-order valence-electron chi connectivity index (χ0n) is 11.5. The van der Waals surface area contributed by atoms with Crippen molar-refractivity contribution in [1.29, 1.82) is 0 Å². The number of hydrogen-bond acceptors (Lipinski definition) is 3. The van der Waals surface area contributed by atoms with E-state index in [0.29, 0.717) is 25.9 Å². The Hall–Kier alpha value is -0.680. The molecule has 0 aromatic heterocycles. The largest absolute Gasteiger partial charge is 0.481 e. The molecule has 0 aliphatic carbocycles. The molecule has 0 aromatic carbocycles. The van der Waals surface area contributed by atoms with Gasteiger partial charge in [0, 0.05) is 13.1 Å². The van der Waals surface area contributed by atoms with E-state index in [0.717, 1.165) is 0 Å².